The van der Waals surface area contributed by atoms with E-state index in [0.717, 1.165) is 30.9 Å². The highest BCUT2D eigenvalue weighted by molar-refractivity contribution is 5.01. The molecule has 0 aliphatic heterocycles. The minimum Gasteiger partial charge on any atom is -0.370 e. The highest BCUT2D eigenvalue weighted by atomic mass is 16.5. The zero-order chi connectivity index (χ0) is 10.6. The van der Waals surface area contributed by atoms with Crippen LogP contribution in [0.15, 0.2) is 0 Å². The number of rotatable bonds is 5. The van der Waals surface area contributed by atoms with Crippen molar-refractivity contribution in [1.29, 1.82) is 0 Å². The number of methoxy groups -OCH3 is 1. The highest BCUT2D eigenvalue weighted by Gasteiger charge is 2.28. The van der Waals surface area contributed by atoms with E-state index in [4.69, 9.17) is 4.74 Å². The van der Waals surface area contributed by atoms with Gasteiger partial charge >= 0.3 is 0 Å². The predicted molar refractivity (Wildman–Crippen MR) is 55.0 cm³/mol. The first-order chi connectivity index (χ1) is 6.66. The second kappa shape index (κ2) is 4.55. The minimum absolute atomic E-state index is 0.359. The quantitative estimate of drug-likeness (QED) is 0.785. The number of aromatic nitrogens is 3. The van der Waals surface area contributed by atoms with Crippen LogP contribution in [0.3, 0.4) is 0 Å². The summed E-state index contributed by atoms with van der Waals surface area (Å²) in [5, 5.41) is 7.13. The van der Waals surface area contributed by atoms with E-state index in [0.29, 0.717) is 0 Å². The van der Waals surface area contributed by atoms with Crippen molar-refractivity contribution < 1.29 is 4.74 Å². The fourth-order valence-corrected chi connectivity index (χ4v) is 1.27. The van der Waals surface area contributed by atoms with Gasteiger partial charge in [-0.3, -0.25) is 5.10 Å². The Hall–Kier alpha value is -0.900. The molecule has 0 radical (unpaired) electrons. The van der Waals surface area contributed by atoms with E-state index in [-0.39, 0.29) is 5.60 Å². The molecule has 1 atom stereocenters. The first-order valence-corrected chi connectivity index (χ1v) is 5.13. The van der Waals surface area contributed by atoms with Crippen LogP contribution in [0.5, 0.6) is 0 Å². The number of hydrogen-bond acceptors (Lipinski definition) is 3. The highest BCUT2D eigenvalue weighted by Crippen LogP contribution is 2.24. The zero-order valence-corrected chi connectivity index (χ0v) is 9.42. The molecule has 0 saturated carbocycles. The van der Waals surface area contributed by atoms with Crippen molar-refractivity contribution in [1.82, 2.24) is 15.2 Å². The summed E-state index contributed by atoms with van der Waals surface area (Å²) in [4.78, 5) is 4.42. The van der Waals surface area contributed by atoms with E-state index >= 15 is 0 Å². The monoisotopic (exact) mass is 197 g/mol. The fraction of sp³-hybridized carbons (Fsp3) is 0.800. The summed E-state index contributed by atoms with van der Waals surface area (Å²) < 4.78 is 5.42. The van der Waals surface area contributed by atoms with Gasteiger partial charge in [0.1, 0.15) is 11.4 Å². The Morgan fingerprint density at radius 2 is 2.14 bits per heavy atom. The van der Waals surface area contributed by atoms with E-state index in [1.165, 1.54) is 0 Å². The molecule has 1 rings (SSSR count). The maximum Gasteiger partial charge on any atom is 0.182 e. The van der Waals surface area contributed by atoms with Crippen LogP contribution in [0.2, 0.25) is 0 Å². The molecule has 0 amide bonds. The van der Waals surface area contributed by atoms with Crippen LogP contribution < -0.4 is 0 Å². The average molecular weight is 197 g/mol. The molecule has 4 nitrogen and oxygen atoms in total. The van der Waals surface area contributed by atoms with Gasteiger partial charge in [0.15, 0.2) is 5.82 Å². The normalized spacial score (nSPS) is 15.4. The maximum atomic E-state index is 5.42. The Labute approximate surface area is 85.1 Å². The summed E-state index contributed by atoms with van der Waals surface area (Å²) in [6, 6.07) is 0. The minimum atomic E-state index is -0.359. The van der Waals surface area contributed by atoms with Crippen LogP contribution in [0.1, 0.15) is 45.3 Å². The molecule has 4 heteroatoms. The van der Waals surface area contributed by atoms with E-state index in [2.05, 4.69) is 29.0 Å². The first kappa shape index (κ1) is 11.2. The van der Waals surface area contributed by atoms with E-state index in [9.17, 15) is 0 Å². The van der Waals surface area contributed by atoms with Gasteiger partial charge in [-0.05, 0) is 19.8 Å². The molecule has 1 aromatic heterocycles. The molecule has 1 unspecified atom stereocenters. The van der Waals surface area contributed by atoms with Crippen LogP contribution >= 0.6 is 0 Å². The lowest BCUT2D eigenvalue weighted by atomic mass is 10.0. The molecule has 80 valence electrons. The van der Waals surface area contributed by atoms with Crippen LogP contribution in [0.4, 0.5) is 0 Å². The lowest BCUT2D eigenvalue weighted by molar-refractivity contribution is -0.00872. The summed E-state index contributed by atoms with van der Waals surface area (Å²) in [5.41, 5.74) is -0.359. The molecule has 0 bridgehead atoms. The Morgan fingerprint density at radius 1 is 1.43 bits per heavy atom. The number of H-pyrrole nitrogens is 1. The predicted octanol–water partition coefficient (Wildman–Crippen LogP) is 2.03. The van der Waals surface area contributed by atoms with Crippen LogP contribution in [0.25, 0.3) is 0 Å². The Balaban J connectivity index is 2.84. The molecule has 1 aromatic rings. The van der Waals surface area contributed by atoms with Gasteiger partial charge in [-0.25, -0.2) is 4.98 Å². The second-order valence-corrected chi connectivity index (χ2v) is 3.64. The SMILES string of the molecule is CCCc1nc(C(C)(CC)OC)n[nH]1. The van der Waals surface area contributed by atoms with Crippen LogP contribution in [0, 0.1) is 0 Å². The van der Waals surface area contributed by atoms with Crippen molar-refractivity contribution >= 4 is 0 Å². The first-order valence-electron chi connectivity index (χ1n) is 5.13. The molecule has 0 fully saturated rings. The number of aromatic amines is 1. The molecule has 0 aromatic carbocycles. The van der Waals surface area contributed by atoms with Gasteiger partial charge in [0.05, 0.1) is 0 Å². The number of nitrogens with one attached hydrogen (secondary N) is 1. The van der Waals surface area contributed by atoms with Gasteiger partial charge in [0, 0.05) is 13.5 Å². The molecular weight excluding hydrogens is 178 g/mol. The summed E-state index contributed by atoms with van der Waals surface area (Å²) in [7, 11) is 1.69. The second-order valence-electron chi connectivity index (χ2n) is 3.64. The van der Waals surface area contributed by atoms with E-state index in [1.807, 2.05) is 6.92 Å². The Bertz CT molecular complexity index is 279. The van der Waals surface area contributed by atoms with Gasteiger partial charge in [0.25, 0.3) is 0 Å². The topological polar surface area (TPSA) is 50.8 Å². The molecule has 1 heterocycles. The number of aryl methyl sites for hydroxylation is 1. The molecule has 0 spiro atoms. The lowest BCUT2D eigenvalue weighted by Gasteiger charge is -2.22. The lowest BCUT2D eigenvalue weighted by Crippen LogP contribution is -2.24. The van der Waals surface area contributed by atoms with Gasteiger partial charge in [-0.2, -0.15) is 5.10 Å². The number of nitrogens with zero attached hydrogens (tertiary/aromatic N) is 2. The standard InChI is InChI=1S/C10H19N3O/c1-5-7-8-11-9(13-12-8)10(3,6-2)14-4/h5-7H2,1-4H3,(H,11,12,13). The number of ether oxygens (including phenoxy) is 1. The van der Waals surface area contributed by atoms with Crippen molar-refractivity contribution in [3.8, 4) is 0 Å². The molecular formula is C10H19N3O. The van der Waals surface area contributed by atoms with Crippen molar-refractivity contribution in [2.75, 3.05) is 7.11 Å². The largest absolute Gasteiger partial charge is 0.370 e. The van der Waals surface area contributed by atoms with Crippen LogP contribution in [-0.4, -0.2) is 22.3 Å². The van der Waals surface area contributed by atoms with Gasteiger partial charge in [-0.1, -0.05) is 13.8 Å². The zero-order valence-electron chi connectivity index (χ0n) is 9.42. The van der Waals surface area contributed by atoms with Crippen LogP contribution in [-0.2, 0) is 16.8 Å². The van der Waals surface area contributed by atoms with Crippen molar-refractivity contribution in [3.05, 3.63) is 11.6 Å². The fourth-order valence-electron chi connectivity index (χ4n) is 1.27. The third kappa shape index (κ3) is 2.12. The molecule has 0 aliphatic carbocycles. The molecule has 0 aliphatic rings. The Kier molecular flexibility index (Phi) is 3.63. The van der Waals surface area contributed by atoms with Gasteiger partial charge in [0.2, 0.25) is 0 Å². The summed E-state index contributed by atoms with van der Waals surface area (Å²) in [6.07, 6.45) is 2.88. The third-order valence-corrected chi connectivity index (χ3v) is 2.62. The average Bonchev–Trinajstić information content (AvgIpc) is 2.66. The van der Waals surface area contributed by atoms with Crippen molar-refractivity contribution in [3.63, 3.8) is 0 Å². The van der Waals surface area contributed by atoms with Gasteiger partial charge < -0.3 is 4.74 Å². The molecule has 0 saturated heterocycles. The smallest absolute Gasteiger partial charge is 0.182 e. The maximum absolute atomic E-state index is 5.42. The van der Waals surface area contributed by atoms with E-state index < -0.39 is 0 Å². The van der Waals surface area contributed by atoms with E-state index in [1.54, 1.807) is 7.11 Å². The van der Waals surface area contributed by atoms with Gasteiger partial charge in [-0.15, -0.1) is 0 Å². The van der Waals surface area contributed by atoms with Crippen molar-refractivity contribution in [2.24, 2.45) is 0 Å². The third-order valence-electron chi connectivity index (χ3n) is 2.62. The number of hydrogen-bond donors (Lipinski definition) is 1. The molecule has 1 N–H and O–H groups in total. The van der Waals surface area contributed by atoms with Crippen molar-refractivity contribution in [2.45, 2.75) is 45.6 Å². The summed E-state index contributed by atoms with van der Waals surface area (Å²) in [6.45, 7) is 6.20. The Morgan fingerprint density at radius 3 is 2.64 bits per heavy atom. The summed E-state index contributed by atoms with van der Waals surface area (Å²) in [5.74, 6) is 1.70. The summed E-state index contributed by atoms with van der Waals surface area (Å²) >= 11 is 0. The molecule has 14 heavy (non-hydrogen) atoms.